The molecule has 21 heavy (non-hydrogen) atoms. The number of hydrogen-bond donors (Lipinski definition) is 1. The highest BCUT2D eigenvalue weighted by molar-refractivity contribution is 7.84. The second kappa shape index (κ2) is 9.28. The van der Waals surface area contributed by atoms with E-state index in [-0.39, 0.29) is 24.8 Å². The Morgan fingerprint density at radius 2 is 1.90 bits per heavy atom. The highest BCUT2D eigenvalue weighted by Gasteiger charge is 2.13. The molecule has 116 valence electrons. The van der Waals surface area contributed by atoms with Gasteiger partial charge in [0, 0.05) is 42.3 Å². The Morgan fingerprint density at radius 1 is 1.24 bits per heavy atom. The van der Waals surface area contributed by atoms with Crippen molar-refractivity contribution < 1.29 is 13.8 Å². The van der Waals surface area contributed by atoms with E-state index >= 15 is 0 Å². The van der Waals surface area contributed by atoms with Gasteiger partial charge in [0.25, 0.3) is 0 Å². The van der Waals surface area contributed by atoms with Gasteiger partial charge < -0.3 is 10.2 Å². The molecule has 1 aromatic carbocycles. The third-order valence-corrected chi connectivity index (χ3v) is 3.78. The number of nitrogens with one attached hydrogen (secondary N) is 1. The molecule has 0 aliphatic carbocycles. The van der Waals surface area contributed by atoms with E-state index in [0.717, 1.165) is 5.56 Å². The maximum atomic E-state index is 12.1. The van der Waals surface area contributed by atoms with Crippen molar-refractivity contribution in [2.45, 2.75) is 19.9 Å². The largest absolute Gasteiger partial charge is 0.347 e. The zero-order chi connectivity index (χ0) is 15.7. The molecular weight excluding hydrogens is 288 g/mol. The fraction of sp³-hybridized carbons (Fsp3) is 0.467. The van der Waals surface area contributed by atoms with Crippen molar-refractivity contribution in [2.75, 3.05) is 25.1 Å². The first-order valence-electron chi connectivity index (χ1n) is 6.91. The minimum Gasteiger partial charge on any atom is -0.347 e. The van der Waals surface area contributed by atoms with E-state index in [1.54, 1.807) is 11.2 Å². The van der Waals surface area contributed by atoms with Crippen LogP contribution in [0.1, 0.15) is 18.9 Å². The van der Waals surface area contributed by atoms with Gasteiger partial charge in [-0.1, -0.05) is 30.3 Å². The molecule has 0 aliphatic heterocycles. The van der Waals surface area contributed by atoms with Gasteiger partial charge in [-0.05, 0) is 12.5 Å². The molecule has 0 radical (unpaired) electrons. The van der Waals surface area contributed by atoms with Gasteiger partial charge in [-0.3, -0.25) is 13.8 Å². The van der Waals surface area contributed by atoms with Crippen molar-refractivity contribution in [1.82, 2.24) is 10.2 Å². The maximum absolute atomic E-state index is 12.1. The van der Waals surface area contributed by atoms with Crippen LogP contribution in [0, 0.1) is 0 Å². The lowest BCUT2D eigenvalue weighted by molar-refractivity contribution is -0.133. The first-order valence-corrected chi connectivity index (χ1v) is 8.64. The number of benzene rings is 1. The molecule has 1 aromatic rings. The summed E-state index contributed by atoms with van der Waals surface area (Å²) in [6.07, 6.45) is 1.73. The smallest absolute Gasteiger partial charge is 0.242 e. The molecule has 6 heteroatoms. The molecule has 1 rings (SSSR count). The highest BCUT2D eigenvalue weighted by atomic mass is 32.2. The van der Waals surface area contributed by atoms with E-state index in [0.29, 0.717) is 18.8 Å². The Morgan fingerprint density at radius 3 is 2.48 bits per heavy atom. The third kappa shape index (κ3) is 7.04. The number of carbonyl (C=O) groups excluding carboxylic acids is 2. The monoisotopic (exact) mass is 310 g/mol. The fourth-order valence-electron chi connectivity index (χ4n) is 1.79. The molecule has 1 atom stereocenters. The fourth-order valence-corrected chi connectivity index (χ4v) is 2.26. The van der Waals surface area contributed by atoms with E-state index in [1.807, 2.05) is 37.3 Å². The van der Waals surface area contributed by atoms with Crippen LogP contribution in [0.2, 0.25) is 0 Å². The normalized spacial score (nSPS) is 11.7. The molecule has 0 spiro atoms. The molecule has 2 amide bonds. The molecule has 5 nitrogen and oxygen atoms in total. The van der Waals surface area contributed by atoms with Crippen LogP contribution in [0.3, 0.4) is 0 Å². The van der Waals surface area contributed by atoms with Crippen LogP contribution >= 0.6 is 0 Å². The molecular formula is C15H22N2O3S. The standard InChI is InChI=1S/C15H22N2O3S/c1-3-17(12-13-7-5-4-6-8-13)15(19)11-16-14(18)9-10-21(2)20/h4-8H,3,9-12H2,1-2H3,(H,16,18). The zero-order valence-corrected chi connectivity index (χ0v) is 13.3. The summed E-state index contributed by atoms with van der Waals surface area (Å²) in [6.45, 7) is 3.01. The van der Waals surface area contributed by atoms with Crippen LogP contribution in [0.15, 0.2) is 30.3 Å². The third-order valence-electron chi connectivity index (χ3n) is 3.00. The zero-order valence-electron chi connectivity index (χ0n) is 12.5. The number of rotatable bonds is 8. The Labute approximate surface area is 128 Å². The summed E-state index contributed by atoms with van der Waals surface area (Å²) in [7, 11) is -0.994. The summed E-state index contributed by atoms with van der Waals surface area (Å²) in [5, 5.41) is 2.57. The molecule has 1 N–H and O–H groups in total. The van der Waals surface area contributed by atoms with Crippen LogP contribution in [-0.2, 0) is 26.9 Å². The minimum atomic E-state index is -0.994. The molecule has 0 aliphatic rings. The quantitative estimate of drug-likeness (QED) is 0.776. The van der Waals surface area contributed by atoms with Crippen molar-refractivity contribution in [2.24, 2.45) is 0 Å². The number of nitrogens with zero attached hydrogens (tertiary/aromatic N) is 1. The van der Waals surface area contributed by atoms with Gasteiger partial charge in [0.15, 0.2) is 0 Å². The molecule has 0 aromatic heterocycles. The first kappa shape index (κ1) is 17.4. The van der Waals surface area contributed by atoms with Crippen LogP contribution in [0.4, 0.5) is 0 Å². The Bertz CT molecular complexity index is 491. The van der Waals surface area contributed by atoms with Gasteiger partial charge in [-0.25, -0.2) is 0 Å². The number of amides is 2. The van der Waals surface area contributed by atoms with Crippen molar-refractivity contribution in [3.8, 4) is 0 Å². The summed E-state index contributed by atoms with van der Waals surface area (Å²) in [6, 6.07) is 9.72. The molecule has 0 heterocycles. The molecule has 0 fully saturated rings. The SMILES string of the molecule is CCN(Cc1ccccc1)C(=O)CNC(=O)CCS(C)=O. The van der Waals surface area contributed by atoms with Gasteiger partial charge in [0.1, 0.15) is 0 Å². The van der Waals surface area contributed by atoms with Crippen molar-refractivity contribution in [3.05, 3.63) is 35.9 Å². The molecule has 0 saturated carbocycles. The van der Waals surface area contributed by atoms with Gasteiger partial charge in [0.05, 0.1) is 6.54 Å². The van der Waals surface area contributed by atoms with Crippen LogP contribution in [0.25, 0.3) is 0 Å². The van der Waals surface area contributed by atoms with Gasteiger partial charge in [-0.15, -0.1) is 0 Å². The topological polar surface area (TPSA) is 66.5 Å². The molecule has 1 unspecified atom stereocenters. The summed E-state index contributed by atoms with van der Waals surface area (Å²) in [4.78, 5) is 25.3. The second-order valence-corrected chi connectivity index (χ2v) is 6.25. The predicted molar refractivity (Wildman–Crippen MR) is 84.1 cm³/mol. The van der Waals surface area contributed by atoms with E-state index < -0.39 is 10.8 Å². The Kier molecular flexibility index (Phi) is 7.68. The summed E-state index contributed by atoms with van der Waals surface area (Å²) < 4.78 is 10.9. The first-order chi connectivity index (χ1) is 10.0. The van der Waals surface area contributed by atoms with E-state index in [2.05, 4.69) is 5.32 Å². The van der Waals surface area contributed by atoms with Gasteiger partial charge >= 0.3 is 0 Å². The van der Waals surface area contributed by atoms with Crippen molar-refractivity contribution in [3.63, 3.8) is 0 Å². The summed E-state index contributed by atoms with van der Waals surface area (Å²) in [5.41, 5.74) is 1.06. The van der Waals surface area contributed by atoms with Crippen LogP contribution in [-0.4, -0.2) is 46.0 Å². The minimum absolute atomic E-state index is 0.0180. The lowest BCUT2D eigenvalue weighted by atomic mass is 10.2. The Balaban J connectivity index is 2.41. The molecule has 0 saturated heterocycles. The van der Waals surface area contributed by atoms with E-state index in [1.165, 1.54) is 0 Å². The highest BCUT2D eigenvalue weighted by Crippen LogP contribution is 2.04. The maximum Gasteiger partial charge on any atom is 0.242 e. The van der Waals surface area contributed by atoms with Crippen molar-refractivity contribution >= 4 is 22.6 Å². The lowest BCUT2D eigenvalue weighted by Gasteiger charge is -2.21. The van der Waals surface area contributed by atoms with E-state index in [9.17, 15) is 13.8 Å². The Hall–Kier alpha value is -1.69. The lowest BCUT2D eigenvalue weighted by Crippen LogP contribution is -2.40. The van der Waals surface area contributed by atoms with Gasteiger partial charge in [0.2, 0.25) is 11.8 Å². The number of hydrogen-bond acceptors (Lipinski definition) is 3. The van der Waals surface area contributed by atoms with Crippen LogP contribution in [0.5, 0.6) is 0 Å². The van der Waals surface area contributed by atoms with E-state index in [4.69, 9.17) is 0 Å². The van der Waals surface area contributed by atoms with Crippen molar-refractivity contribution in [1.29, 1.82) is 0 Å². The van der Waals surface area contributed by atoms with Crippen LogP contribution < -0.4 is 5.32 Å². The summed E-state index contributed by atoms with van der Waals surface area (Å²) in [5.74, 6) is -0.0386. The number of carbonyl (C=O) groups is 2. The van der Waals surface area contributed by atoms with Gasteiger partial charge in [-0.2, -0.15) is 0 Å². The predicted octanol–water partition coefficient (Wildman–Crippen LogP) is 0.920. The average Bonchev–Trinajstić information content (AvgIpc) is 2.49. The number of likely N-dealkylation sites (N-methyl/N-ethyl adjacent to an activating group) is 1. The average molecular weight is 310 g/mol. The second-order valence-electron chi connectivity index (χ2n) is 4.70. The summed E-state index contributed by atoms with van der Waals surface area (Å²) >= 11 is 0. The molecule has 0 bridgehead atoms.